The van der Waals surface area contributed by atoms with E-state index in [1.165, 1.54) is 51.9 Å². The fourth-order valence-corrected chi connectivity index (χ4v) is 3.96. The predicted molar refractivity (Wildman–Crippen MR) is 111 cm³/mol. The van der Waals surface area contributed by atoms with Gasteiger partial charge in [-0.2, -0.15) is 0 Å². The number of hydrogen-bond donors (Lipinski definition) is 0. The maximum absolute atomic E-state index is 16.4. The topological polar surface area (TPSA) is 93.4 Å². The summed E-state index contributed by atoms with van der Waals surface area (Å²) < 4.78 is 48.6. The normalized spacial score (nSPS) is 19.8. The number of methoxy groups -OCH3 is 4. The van der Waals surface area contributed by atoms with E-state index in [9.17, 15) is 9.59 Å². The molecule has 0 bridgehead atoms. The summed E-state index contributed by atoms with van der Waals surface area (Å²) >= 11 is 0. The Morgan fingerprint density at radius 1 is 1.06 bits per heavy atom. The number of hydrogen-bond acceptors (Lipinski definition) is 8. The fourth-order valence-electron chi connectivity index (χ4n) is 3.96. The van der Waals surface area contributed by atoms with Crippen molar-refractivity contribution in [1.82, 2.24) is 0 Å². The number of carbonyl (C=O) groups excluding carboxylic acids is 2. The molecular formula is C23H21FO8. The van der Waals surface area contributed by atoms with Crippen molar-refractivity contribution in [2.45, 2.75) is 18.7 Å². The van der Waals surface area contributed by atoms with Crippen LogP contribution in [0.1, 0.15) is 27.6 Å². The summed E-state index contributed by atoms with van der Waals surface area (Å²) in [5.41, 5.74) is -1.97. The Morgan fingerprint density at radius 2 is 1.72 bits per heavy atom. The van der Waals surface area contributed by atoms with Gasteiger partial charge >= 0.3 is 11.6 Å². The number of alkyl halides is 1. The first-order chi connectivity index (χ1) is 15.3. The first kappa shape index (κ1) is 21.5. The molecule has 3 aromatic rings. The minimum atomic E-state index is -3.16. The van der Waals surface area contributed by atoms with E-state index in [4.69, 9.17) is 23.4 Å². The maximum atomic E-state index is 16.4. The summed E-state index contributed by atoms with van der Waals surface area (Å²) in [6.07, 6.45) is -0.186. The zero-order valence-electron chi connectivity index (χ0n) is 18.1. The molecule has 2 heterocycles. The maximum Gasteiger partial charge on any atom is 0.356 e. The standard InChI is InChI=1S/C23H21FO8/c1-11-10-31-14-7-6-13-18(17(11)14)32-21(23(24,20(13)25)22(26)30-5)12-8-15(27-2)19(29-4)16(9-12)28-3/h6-10,21H,1-5H3. The summed E-state index contributed by atoms with van der Waals surface area (Å²) in [5, 5.41) is 0.514. The Labute approximate surface area is 182 Å². The molecule has 0 saturated carbocycles. The van der Waals surface area contributed by atoms with Gasteiger partial charge in [0.05, 0.1) is 45.7 Å². The Morgan fingerprint density at radius 3 is 2.28 bits per heavy atom. The summed E-state index contributed by atoms with van der Waals surface area (Å²) in [5.74, 6) is -1.67. The molecule has 2 atom stereocenters. The zero-order valence-corrected chi connectivity index (χ0v) is 18.1. The second kappa shape index (κ2) is 7.74. The van der Waals surface area contributed by atoms with Crippen molar-refractivity contribution in [2.24, 2.45) is 0 Å². The van der Waals surface area contributed by atoms with Gasteiger partial charge in [-0.3, -0.25) is 4.79 Å². The van der Waals surface area contributed by atoms with Gasteiger partial charge in [0, 0.05) is 5.56 Å². The largest absolute Gasteiger partial charge is 0.493 e. The molecule has 0 radical (unpaired) electrons. The van der Waals surface area contributed by atoms with Crippen molar-refractivity contribution < 1.29 is 42.1 Å². The van der Waals surface area contributed by atoms with Crippen molar-refractivity contribution >= 4 is 22.7 Å². The Hall–Kier alpha value is -3.75. The lowest BCUT2D eigenvalue weighted by Crippen LogP contribution is -2.53. The second-order valence-electron chi connectivity index (χ2n) is 7.22. The molecule has 0 saturated heterocycles. The number of Topliss-reactive ketones (excluding diaryl/α,β-unsaturated/α-hetero) is 1. The minimum absolute atomic E-state index is 0.0846. The van der Waals surface area contributed by atoms with Gasteiger partial charge in [0.15, 0.2) is 17.6 Å². The van der Waals surface area contributed by atoms with Gasteiger partial charge in [0.2, 0.25) is 11.5 Å². The monoisotopic (exact) mass is 444 g/mol. The molecule has 0 spiro atoms. The number of carbonyl (C=O) groups is 2. The summed E-state index contributed by atoms with van der Waals surface area (Å²) in [4.78, 5) is 26.0. The molecule has 32 heavy (non-hydrogen) atoms. The number of benzene rings is 2. The predicted octanol–water partition coefficient (Wildman–Crippen LogP) is 3.96. The third-order valence-electron chi connectivity index (χ3n) is 5.52. The molecule has 2 aromatic carbocycles. The number of ether oxygens (including phenoxy) is 5. The molecule has 1 aliphatic rings. The van der Waals surface area contributed by atoms with E-state index in [0.29, 0.717) is 16.5 Å². The number of halogens is 1. The van der Waals surface area contributed by atoms with Crippen molar-refractivity contribution in [3.05, 3.63) is 47.2 Å². The molecule has 4 rings (SSSR count). The molecule has 0 fully saturated rings. The van der Waals surface area contributed by atoms with E-state index in [2.05, 4.69) is 4.74 Å². The van der Waals surface area contributed by atoms with Crippen LogP contribution in [-0.4, -0.2) is 45.9 Å². The lowest BCUT2D eigenvalue weighted by molar-refractivity contribution is -0.157. The van der Waals surface area contributed by atoms with Gasteiger partial charge in [-0.15, -0.1) is 0 Å². The van der Waals surface area contributed by atoms with Gasteiger partial charge in [-0.1, -0.05) is 0 Å². The van der Waals surface area contributed by atoms with Crippen LogP contribution in [0.15, 0.2) is 34.9 Å². The highest BCUT2D eigenvalue weighted by molar-refractivity contribution is 6.20. The van der Waals surface area contributed by atoms with Gasteiger partial charge in [0.1, 0.15) is 11.3 Å². The first-order valence-electron chi connectivity index (χ1n) is 9.61. The number of esters is 1. The van der Waals surface area contributed by atoms with E-state index in [-0.39, 0.29) is 34.1 Å². The molecular weight excluding hydrogens is 423 g/mol. The van der Waals surface area contributed by atoms with Crippen molar-refractivity contribution in [1.29, 1.82) is 0 Å². The van der Waals surface area contributed by atoms with E-state index in [0.717, 1.165) is 7.11 Å². The van der Waals surface area contributed by atoms with Crippen LogP contribution in [-0.2, 0) is 9.53 Å². The highest BCUT2D eigenvalue weighted by Gasteiger charge is 2.60. The smallest absolute Gasteiger partial charge is 0.356 e. The van der Waals surface area contributed by atoms with Gasteiger partial charge < -0.3 is 28.1 Å². The highest BCUT2D eigenvalue weighted by Crippen LogP contribution is 2.50. The fraction of sp³-hybridized carbons (Fsp3) is 0.304. The van der Waals surface area contributed by atoms with Crippen molar-refractivity contribution in [3.63, 3.8) is 0 Å². The molecule has 0 aliphatic carbocycles. The number of furan rings is 1. The number of ketones is 1. The quantitative estimate of drug-likeness (QED) is 0.431. The van der Waals surface area contributed by atoms with Crippen molar-refractivity contribution in [2.75, 3.05) is 28.4 Å². The van der Waals surface area contributed by atoms with Crippen LogP contribution in [0.5, 0.6) is 23.0 Å². The van der Waals surface area contributed by atoms with Gasteiger partial charge in [-0.05, 0) is 36.8 Å². The summed E-state index contributed by atoms with van der Waals surface area (Å²) in [6, 6.07) is 5.74. The van der Waals surface area contributed by atoms with Crippen LogP contribution in [0.25, 0.3) is 11.0 Å². The van der Waals surface area contributed by atoms with Crippen LogP contribution in [0.4, 0.5) is 4.39 Å². The third-order valence-corrected chi connectivity index (χ3v) is 5.52. The Balaban J connectivity index is 2.00. The lowest BCUT2D eigenvalue weighted by Gasteiger charge is -2.36. The Bertz CT molecular complexity index is 1210. The van der Waals surface area contributed by atoms with Crippen LogP contribution < -0.4 is 18.9 Å². The molecule has 8 nitrogen and oxygen atoms in total. The molecule has 2 unspecified atom stereocenters. The third kappa shape index (κ3) is 2.88. The summed E-state index contributed by atoms with van der Waals surface area (Å²) in [6.45, 7) is 1.77. The molecule has 1 aromatic heterocycles. The molecule has 9 heteroatoms. The molecule has 168 valence electrons. The lowest BCUT2D eigenvalue weighted by atomic mass is 9.82. The van der Waals surface area contributed by atoms with E-state index < -0.39 is 23.5 Å². The van der Waals surface area contributed by atoms with Crippen molar-refractivity contribution in [3.8, 4) is 23.0 Å². The number of aryl methyl sites for hydroxylation is 1. The van der Waals surface area contributed by atoms with Crippen LogP contribution >= 0.6 is 0 Å². The molecule has 1 aliphatic heterocycles. The van der Waals surface area contributed by atoms with Gasteiger partial charge in [-0.25, -0.2) is 9.18 Å². The molecule has 0 N–H and O–H groups in total. The van der Waals surface area contributed by atoms with Crippen LogP contribution in [0.3, 0.4) is 0 Å². The van der Waals surface area contributed by atoms with Crippen LogP contribution in [0.2, 0.25) is 0 Å². The number of rotatable bonds is 5. The zero-order chi connectivity index (χ0) is 23.2. The second-order valence-corrected chi connectivity index (χ2v) is 7.22. The SMILES string of the molecule is COC(=O)C1(F)C(=O)c2ccc3occ(C)c3c2OC1c1cc(OC)c(OC)c(OC)c1. The number of fused-ring (bicyclic) bond motifs is 3. The minimum Gasteiger partial charge on any atom is -0.493 e. The average molecular weight is 444 g/mol. The average Bonchev–Trinajstić information content (AvgIpc) is 3.20. The van der Waals surface area contributed by atoms with E-state index in [1.807, 2.05) is 0 Å². The van der Waals surface area contributed by atoms with Gasteiger partial charge in [0.25, 0.3) is 0 Å². The molecule has 0 amide bonds. The highest BCUT2D eigenvalue weighted by atomic mass is 19.1. The van der Waals surface area contributed by atoms with E-state index in [1.54, 1.807) is 6.92 Å². The van der Waals surface area contributed by atoms with E-state index >= 15 is 4.39 Å². The summed E-state index contributed by atoms with van der Waals surface area (Å²) in [7, 11) is 5.21. The van der Waals surface area contributed by atoms with Crippen LogP contribution in [0, 0.1) is 6.92 Å². The first-order valence-corrected chi connectivity index (χ1v) is 9.61. The Kier molecular flexibility index (Phi) is 5.20.